The maximum Gasteiger partial charge on any atom is 0.0541 e. The summed E-state index contributed by atoms with van der Waals surface area (Å²) >= 11 is 0. The normalized spacial score (nSPS) is 13.3. The van der Waals surface area contributed by atoms with E-state index in [9.17, 15) is 0 Å². The number of benzene rings is 10. The Balaban J connectivity index is 1.18. The Morgan fingerprint density at radius 1 is 0.254 bits per heavy atom. The average molecular weight is 746 g/mol. The van der Waals surface area contributed by atoms with Gasteiger partial charge in [-0.15, -0.1) is 0 Å². The van der Waals surface area contributed by atoms with Crippen LogP contribution in [-0.4, -0.2) is 4.57 Å². The summed E-state index contributed by atoms with van der Waals surface area (Å²) in [6, 6.07) is 78.7. The summed E-state index contributed by atoms with van der Waals surface area (Å²) in [5.41, 5.74) is 19.1. The second-order valence-electron chi connectivity index (χ2n) is 15.9. The molecule has 1 heterocycles. The van der Waals surface area contributed by atoms with Gasteiger partial charge in [-0.05, 0) is 136 Å². The monoisotopic (exact) mass is 745 g/mol. The van der Waals surface area contributed by atoms with Crippen LogP contribution in [0.1, 0.15) is 33.4 Å². The number of aromatic nitrogens is 1. The molecular formula is C58H35N. The van der Waals surface area contributed by atoms with Crippen molar-refractivity contribution in [3.05, 3.63) is 246 Å². The summed E-state index contributed by atoms with van der Waals surface area (Å²) in [7, 11) is 0. The first kappa shape index (κ1) is 32.4. The van der Waals surface area contributed by atoms with Crippen LogP contribution in [0, 0.1) is 0 Å². The van der Waals surface area contributed by atoms with E-state index < -0.39 is 0 Å². The van der Waals surface area contributed by atoms with Gasteiger partial charge in [0.25, 0.3) is 0 Å². The molecular weight excluding hydrogens is 711 g/mol. The van der Waals surface area contributed by atoms with Crippen LogP contribution >= 0.6 is 0 Å². The predicted molar refractivity (Wildman–Crippen MR) is 250 cm³/mol. The van der Waals surface area contributed by atoms with Crippen LogP contribution < -0.4 is 0 Å². The van der Waals surface area contributed by atoms with Crippen molar-refractivity contribution in [2.75, 3.05) is 0 Å². The number of para-hydroxylation sites is 1. The number of hydrogen-bond acceptors (Lipinski definition) is 0. The second-order valence-corrected chi connectivity index (χ2v) is 15.9. The molecule has 10 aromatic carbocycles. The smallest absolute Gasteiger partial charge is 0.0541 e. The first-order valence-electron chi connectivity index (χ1n) is 20.5. The van der Waals surface area contributed by atoms with Crippen molar-refractivity contribution in [2.45, 2.75) is 0 Å². The molecule has 0 radical (unpaired) electrons. The van der Waals surface area contributed by atoms with Crippen LogP contribution in [-0.2, 0) is 0 Å². The van der Waals surface area contributed by atoms with Crippen LogP contribution in [0.4, 0.5) is 0 Å². The summed E-state index contributed by atoms with van der Waals surface area (Å²) in [5.74, 6) is 0. The van der Waals surface area contributed by atoms with Crippen molar-refractivity contribution in [2.24, 2.45) is 0 Å². The molecule has 2 aliphatic rings. The Labute approximate surface area is 342 Å². The molecule has 0 aliphatic heterocycles. The van der Waals surface area contributed by atoms with Crippen molar-refractivity contribution in [1.82, 2.24) is 4.57 Å². The standard InChI is InChI=1S/C58H35N/c1-3-14-36(15-4-1)40-28-32-51-49(34-40)50-35-41(29-33-52(50)59(51)42-20-5-2-6-21-42)53-54-44-23-11-8-17-38(44)26-30-47(54)58-56(46-25-13-19-37-16-7-10-22-43(37)46)55-45-24-12-9-18-39(45)27-31-48(55)57(53)58/h1-35H. The van der Waals surface area contributed by atoms with E-state index in [1.54, 1.807) is 0 Å². The van der Waals surface area contributed by atoms with E-state index >= 15 is 0 Å². The van der Waals surface area contributed by atoms with Gasteiger partial charge >= 0.3 is 0 Å². The van der Waals surface area contributed by atoms with E-state index in [0.29, 0.717) is 0 Å². The van der Waals surface area contributed by atoms with Gasteiger partial charge < -0.3 is 4.57 Å². The van der Waals surface area contributed by atoms with Gasteiger partial charge in [0.1, 0.15) is 0 Å². The van der Waals surface area contributed by atoms with Gasteiger partial charge in [0.2, 0.25) is 0 Å². The zero-order valence-electron chi connectivity index (χ0n) is 32.2. The van der Waals surface area contributed by atoms with Gasteiger partial charge in [0, 0.05) is 16.5 Å². The van der Waals surface area contributed by atoms with E-state index in [-0.39, 0.29) is 0 Å². The highest BCUT2D eigenvalue weighted by molar-refractivity contribution is 6.39. The van der Waals surface area contributed by atoms with Gasteiger partial charge in [-0.25, -0.2) is 0 Å². The van der Waals surface area contributed by atoms with Gasteiger partial charge in [-0.3, -0.25) is 0 Å². The Morgan fingerprint density at radius 3 is 1.41 bits per heavy atom. The van der Waals surface area contributed by atoms with Crippen molar-refractivity contribution in [3.63, 3.8) is 0 Å². The van der Waals surface area contributed by atoms with Crippen LogP contribution in [0.2, 0.25) is 0 Å². The van der Waals surface area contributed by atoms with Gasteiger partial charge in [-0.2, -0.15) is 0 Å². The Bertz CT molecular complexity index is 3630. The molecule has 272 valence electrons. The number of allylic oxidation sites excluding steroid dienone is 2. The Kier molecular flexibility index (Phi) is 6.79. The molecule has 11 aromatic rings. The molecule has 0 fully saturated rings. The number of nitrogens with zero attached hydrogens (tertiary/aromatic N) is 1. The van der Waals surface area contributed by atoms with Gasteiger partial charge in [0.15, 0.2) is 0 Å². The fourth-order valence-corrected chi connectivity index (χ4v) is 10.4. The highest BCUT2D eigenvalue weighted by Gasteiger charge is 2.39. The maximum atomic E-state index is 2.49. The summed E-state index contributed by atoms with van der Waals surface area (Å²) < 4.78 is 2.43. The Morgan fingerprint density at radius 2 is 0.746 bits per heavy atom. The zero-order valence-corrected chi connectivity index (χ0v) is 32.2. The summed E-state index contributed by atoms with van der Waals surface area (Å²) in [6.07, 6.45) is 0. The number of rotatable bonds is 4. The van der Waals surface area contributed by atoms with Crippen LogP contribution in [0.3, 0.4) is 0 Å². The van der Waals surface area contributed by atoms with E-state index in [1.165, 1.54) is 121 Å². The molecule has 0 spiro atoms. The van der Waals surface area contributed by atoms with E-state index in [1.807, 2.05) is 0 Å². The number of fused-ring (bicyclic) bond motifs is 13. The lowest BCUT2D eigenvalue weighted by Crippen LogP contribution is -1.96. The highest BCUT2D eigenvalue weighted by Crippen LogP contribution is 2.61. The lowest BCUT2D eigenvalue weighted by atomic mass is 9.86. The van der Waals surface area contributed by atoms with Crippen LogP contribution in [0.25, 0.3) is 93.2 Å². The molecule has 1 aromatic heterocycles. The fraction of sp³-hybridized carbons (Fsp3) is 0. The van der Waals surface area contributed by atoms with Gasteiger partial charge in [0.05, 0.1) is 11.0 Å². The average Bonchev–Trinajstić information content (AvgIpc) is 3.95. The van der Waals surface area contributed by atoms with Crippen molar-refractivity contribution in [3.8, 4) is 16.8 Å². The van der Waals surface area contributed by atoms with E-state index in [4.69, 9.17) is 0 Å². The van der Waals surface area contributed by atoms with Gasteiger partial charge in [-0.1, -0.05) is 176 Å². The molecule has 1 heteroatoms. The summed E-state index contributed by atoms with van der Waals surface area (Å²) in [4.78, 5) is 0. The second kappa shape index (κ2) is 12.4. The largest absolute Gasteiger partial charge is 0.309 e. The fourth-order valence-electron chi connectivity index (χ4n) is 10.4. The van der Waals surface area contributed by atoms with Crippen molar-refractivity contribution < 1.29 is 0 Å². The third-order valence-corrected chi connectivity index (χ3v) is 12.9. The SMILES string of the molecule is c1ccc(-c2ccc3c(c2)c2cc(C4=C5C(=C(c6cccc7ccccc67)c6c5ccc5ccccc65)c5ccc6ccccc6c54)ccc2n3-c2ccccc2)cc1. The van der Waals surface area contributed by atoms with Crippen LogP contribution in [0.5, 0.6) is 0 Å². The van der Waals surface area contributed by atoms with E-state index in [2.05, 4.69) is 217 Å². The zero-order chi connectivity index (χ0) is 38.6. The Hall–Kier alpha value is -7.74. The summed E-state index contributed by atoms with van der Waals surface area (Å²) in [5, 5.41) is 10.1. The van der Waals surface area contributed by atoms with E-state index in [0.717, 1.165) is 5.69 Å². The minimum Gasteiger partial charge on any atom is -0.309 e. The minimum atomic E-state index is 1.16. The quantitative estimate of drug-likeness (QED) is 0.169. The molecule has 13 rings (SSSR count). The molecule has 0 N–H and O–H groups in total. The molecule has 59 heavy (non-hydrogen) atoms. The molecule has 0 unspecified atom stereocenters. The first-order chi connectivity index (χ1) is 29.3. The molecule has 1 nitrogen and oxygen atoms in total. The molecule has 0 amide bonds. The first-order valence-corrected chi connectivity index (χ1v) is 20.5. The minimum absolute atomic E-state index is 1.16. The molecule has 0 saturated carbocycles. The van der Waals surface area contributed by atoms with Crippen molar-refractivity contribution in [1.29, 1.82) is 0 Å². The topological polar surface area (TPSA) is 4.93 Å². The van der Waals surface area contributed by atoms with Crippen molar-refractivity contribution >= 4 is 76.4 Å². The third-order valence-electron chi connectivity index (χ3n) is 12.9. The molecule has 0 saturated heterocycles. The molecule has 0 atom stereocenters. The lowest BCUT2D eigenvalue weighted by molar-refractivity contribution is 1.18. The maximum absolute atomic E-state index is 2.49. The molecule has 2 aliphatic carbocycles. The summed E-state index contributed by atoms with van der Waals surface area (Å²) in [6.45, 7) is 0. The number of hydrogen-bond donors (Lipinski definition) is 0. The highest BCUT2D eigenvalue weighted by atomic mass is 15.0. The lowest BCUT2D eigenvalue weighted by Gasteiger charge is -2.17. The van der Waals surface area contributed by atoms with Crippen LogP contribution in [0.15, 0.2) is 212 Å². The third kappa shape index (κ3) is 4.62. The predicted octanol–water partition coefficient (Wildman–Crippen LogP) is 15.2. The molecule has 0 bridgehead atoms.